The van der Waals surface area contributed by atoms with Gasteiger partial charge in [0.05, 0.1) is 19.3 Å². The van der Waals surface area contributed by atoms with E-state index in [9.17, 15) is 0 Å². The summed E-state index contributed by atoms with van der Waals surface area (Å²) in [4.78, 5) is 0. The first-order valence-corrected chi connectivity index (χ1v) is 7.47. The van der Waals surface area contributed by atoms with Gasteiger partial charge in [0.25, 0.3) is 0 Å². The fourth-order valence-electron chi connectivity index (χ4n) is 2.17. The van der Waals surface area contributed by atoms with Crippen LogP contribution in [0.25, 0.3) is 0 Å². The summed E-state index contributed by atoms with van der Waals surface area (Å²) in [5.74, 6) is 0. The van der Waals surface area contributed by atoms with Crippen molar-refractivity contribution in [3.63, 3.8) is 0 Å². The molecule has 0 heterocycles. The third kappa shape index (κ3) is 6.55. The maximum Gasteiger partial charge on any atom is 0.103 e. The van der Waals surface area contributed by atoms with Gasteiger partial charge in [0.15, 0.2) is 0 Å². The van der Waals surface area contributed by atoms with Crippen LogP contribution in [0.4, 0.5) is 0 Å². The summed E-state index contributed by atoms with van der Waals surface area (Å²) in [5, 5.41) is 0. The summed E-state index contributed by atoms with van der Waals surface area (Å²) < 4.78 is 11.8. The molecular weight excluding hydrogens is 310 g/mol. The molecule has 2 aromatic rings. The zero-order chi connectivity index (χ0) is 15.6. The van der Waals surface area contributed by atoms with Gasteiger partial charge in [-0.3, -0.25) is 0 Å². The van der Waals surface area contributed by atoms with Gasteiger partial charge >= 0.3 is 0 Å². The first-order valence-electron chi connectivity index (χ1n) is 7.47. The smallest absolute Gasteiger partial charge is 0.103 e. The minimum Gasteiger partial charge on any atom is -0.369 e. The van der Waals surface area contributed by atoms with Crippen molar-refractivity contribution >= 4 is 12.4 Å². The summed E-state index contributed by atoms with van der Waals surface area (Å²) in [6.07, 6.45) is 1.32. The van der Waals surface area contributed by atoms with Crippen LogP contribution in [-0.2, 0) is 22.7 Å². The quantitative estimate of drug-likeness (QED) is 0.711. The van der Waals surface area contributed by atoms with E-state index in [0.717, 1.165) is 11.1 Å². The third-order valence-electron chi connectivity index (χ3n) is 3.42. The Kier molecular flexibility index (Phi) is 9.25. The third-order valence-corrected chi connectivity index (χ3v) is 3.42. The van der Waals surface area contributed by atoms with E-state index in [0.29, 0.717) is 19.8 Å². The van der Waals surface area contributed by atoms with Gasteiger partial charge in [-0.15, -0.1) is 19.0 Å². The van der Waals surface area contributed by atoms with Crippen LogP contribution >= 0.6 is 12.4 Å². The van der Waals surface area contributed by atoms with Crippen molar-refractivity contribution in [1.29, 1.82) is 0 Å². The van der Waals surface area contributed by atoms with Crippen molar-refractivity contribution < 1.29 is 9.47 Å². The van der Waals surface area contributed by atoms with E-state index >= 15 is 0 Å². The molecule has 0 aliphatic heterocycles. The molecule has 0 aromatic heterocycles. The Balaban J connectivity index is 0.00000264. The molecule has 0 fully saturated rings. The van der Waals surface area contributed by atoms with Crippen LogP contribution in [0.3, 0.4) is 0 Å². The largest absolute Gasteiger partial charge is 0.369 e. The molecule has 0 spiro atoms. The SMILES string of the molecule is C=C[C@@H](OCc1ccccc1)[C@H](CN)OCc1ccccc1.Cl. The van der Waals surface area contributed by atoms with E-state index in [4.69, 9.17) is 15.2 Å². The Bertz CT molecular complexity index is 548. The van der Waals surface area contributed by atoms with Crippen molar-refractivity contribution in [3.8, 4) is 0 Å². The molecule has 3 nitrogen and oxygen atoms in total. The Morgan fingerprint density at radius 1 is 0.870 bits per heavy atom. The average molecular weight is 334 g/mol. The fourth-order valence-corrected chi connectivity index (χ4v) is 2.17. The van der Waals surface area contributed by atoms with Crippen LogP contribution in [0, 0.1) is 0 Å². The molecule has 124 valence electrons. The monoisotopic (exact) mass is 333 g/mol. The lowest BCUT2D eigenvalue weighted by molar-refractivity contribution is -0.0597. The second kappa shape index (κ2) is 11.0. The number of nitrogens with two attached hydrogens (primary N) is 1. The van der Waals surface area contributed by atoms with E-state index in [2.05, 4.69) is 6.58 Å². The molecule has 2 aromatic carbocycles. The molecule has 0 bridgehead atoms. The van der Waals surface area contributed by atoms with Crippen molar-refractivity contribution in [2.24, 2.45) is 5.73 Å². The Morgan fingerprint density at radius 3 is 1.78 bits per heavy atom. The van der Waals surface area contributed by atoms with Gasteiger partial charge in [-0.2, -0.15) is 0 Å². The fraction of sp³-hybridized carbons (Fsp3) is 0.263. The number of benzene rings is 2. The molecule has 23 heavy (non-hydrogen) atoms. The van der Waals surface area contributed by atoms with Crippen LogP contribution in [-0.4, -0.2) is 18.8 Å². The number of hydrogen-bond donors (Lipinski definition) is 1. The standard InChI is InChI=1S/C19H23NO2.ClH/c1-2-18(21-14-16-9-5-3-6-10-16)19(13-20)22-15-17-11-7-4-8-12-17;/h2-12,18-19H,1,13-15,20H2;1H/t18-,19+;/m1./s1. The molecular formula is C19H24ClNO2. The predicted octanol–water partition coefficient (Wildman–Crippen LogP) is 3.72. The zero-order valence-corrected chi connectivity index (χ0v) is 14.0. The average Bonchev–Trinajstić information content (AvgIpc) is 2.59. The van der Waals surface area contributed by atoms with E-state index < -0.39 is 0 Å². The summed E-state index contributed by atoms with van der Waals surface area (Å²) in [6.45, 7) is 5.26. The van der Waals surface area contributed by atoms with Crippen molar-refractivity contribution in [3.05, 3.63) is 84.4 Å². The molecule has 0 aliphatic rings. The number of hydrogen-bond acceptors (Lipinski definition) is 3. The van der Waals surface area contributed by atoms with Crippen LogP contribution in [0.5, 0.6) is 0 Å². The minimum atomic E-state index is -0.228. The van der Waals surface area contributed by atoms with Crippen LogP contribution in [0.2, 0.25) is 0 Å². The highest BCUT2D eigenvalue weighted by molar-refractivity contribution is 5.85. The zero-order valence-electron chi connectivity index (χ0n) is 13.1. The van der Waals surface area contributed by atoms with Gasteiger partial charge < -0.3 is 15.2 Å². The highest BCUT2D eigenvalue weighted by Crippen LogP contribution is 2.12. The molecule has 0 saturated heterocycles. The van der Waals surface area contributed by atoms with Gasteiger partial charge in [0, 0.05) is 6.54 Å². The maximum absolute atomic E-state index is 5.90. The van der Waals surface area contributed by atoms with Crippen LogP contribution < -0.4 is 5.73 Å². The summed E-state index contributed by atoms with van der Waals surface area (Å²) in [5.41, 5.74) is 8.07. The van der Waals surface area contributed by atoms with Crippen molar-refractivity contribution in [2.45, 2.75) is 25.4 Å². The molecule has 0 saturated carbocycles. The molecule has 0 unspecified atom stereocenters. The lowest BCUT2D eigenvalue weighted by Crippen LogP contribution is -2.36. The second-order valence-corrected chi connectivity index (χ2v) is 5.07. The summed E-state index contributed by atoms with van der Waals surface area (Å²) >= 11 is 0. The van der Waals surface area contributed by atoms with E-state index in [1.165, 1.54) is 0 Å². The molecule has 0 amide bonds. The number of ether oxygens (including phenoxy) is 2. The van der Waals surface area contributed by atoms with Crippen LogP contribution in [0.1, 0.15) is 11.1 Å². The van der Waals surface area contributed by atoms with Crippen molar-refractivity contribution in [2.75, 3.05) is 6.54 Å². The molecule has 2 rings (SSSR count). The van der Waals surface area contributed by atoms with Gasteiger partial charge in [-0.25, -0.2) is 0 Å². The van der Waals surface area contributed by atoms with Gasteiger partial charge in [0.2, 0.25) is 0 Å². The van der Waals surface area contributed by atoms with Gasteiger partial charge in [0.1, 0.15) is 6.10 Å². The lowest BCUT2D eigenvalue weighted by Gasteiger charge is -2.24. The molecule has 4 heteroatoms. The highest BCUT2D eigenvalue weighted by atomic mass is 35.5. The normalized spacial score (nSPS) is 12.9. The highest BCUT2D eigenvalue weighted by Gasteiger charge is 2.19. The van der Waals surface area contributed by atoms with E-state index in [1.807, 2.05) is 60.7 Å². The first kappa shape index (κ1) is 19.4. The predicted molar refractivity (Wildman–Crippen MR) is 96.5 cm³/mol. The Hall–Kier alpha value is -1.65. The van der Waals surface area contributed by atoms with E-state index in [1.54, 1.807) is 6.08 Å². The number of rotatable bonds is 9. The Labute approximate surface area is 144 Å². The summed E-state index contributed by atoms with van der Waals surface area (Å²) in [6, 6.07) is 20.1. The van der Waals surface area contributed by atoms with Crippen molar-refractivity contribution in [1.82, 2.24) is 0 Å². The van der Waals surface area contributed by atoms with E-state index in [-0.39, 0.29) is 24.6 Å². The van der Waals surface area contributed by atoms with Crippen LogP contribution in [0.15, 0.2) is 73.3 Å². The summed E-state index contributed by atoms with van der Waals surface area (Å²) in [7, 11) is 0. The number of halogens is 1. The molecule has 0 radical (unpaired) electrons. The molecule has 2 N–H and O–H groups in total. The second-order valence-electron chi connectivity index (χ2n) is 5.07. The topological polar surface area (TPSA) is 44.5 Å². The maximum atomic E-state index is 5.90. The van der Waals surface area contributed by atoms with Gasteiger partial charge in [-0.05, 0) is 11.1 Å². The molecule has 2 atom stereocenters. The minimum absolute atomic E-state index is 0. The first-order chi connectivity index (χ1) is 10.8. The molecule has 0 aliphatic carbocycles. The van der Waals surface area contributed by atoms with Gasteiger partial charge in [-0.1, -0.05) is 66.7 Å². The lowest BCUT2D eigenvalue weighted by atomic mass is 10.2. The Morgan fingerprint density at radius 2 is 1.35 bits per heavy atom.